The maximum Gasteiger partial charge on any atom is 0.306 e. The predicted octanol–water partition coefficient (Wildman–Crippen LogP) is 2.15. The SMILES string of the molecule is COc1cc(CS(=O)(=O)F)ccc1Cl. The van der Waals surface area contributed by atoms with E-state index in [1.165, 1.54) is 25.3 Å². The average Bonchev–Trinajstić information content (AvgIpc) is 2.06. The van der Waals surface area contributed by atoms with Crippen LogP contribution in [0.15, 0.2) is 18.2 Å². The van der Waals surface area contributed by atoms with Crippen LogP contribution >= 0.6 is 11.6 Å². The molecule has 0 saturated heterocycles. The van der Waals surface area contributed by atoms with Crippen LogP contribution in [0.3, 0.4) is 0 Å². The first-order valence-corrected chi connectivity index (χ1v) is 5.60. The van der Waals surface area contributed by atoms with Gasteiger partial charge in [-0.25, -0.2) is 0 Å². The Bertz CT molecular complexity index is 430. The Morgan fingerprint density at radius 3 is 2.64 bits per heavy atom. The summed E-state index contributed by atoms with van der Waals surface area (Å²) >= 11 is 5.70. The van der Waals surface area contributed by atoms with Gasteiger partial charge in [0.25, 0.3) is 0 Å². The summed E-state index contributed by atoms with van der Waals surface area (Å²) in [6.07, 6.45) is 0. The van der Waals surface area contributed by atoms with Gasteiger partial charge in [0, 0.05) is 0 Å². The van der Waals surface area contributed by atoms with Crippen molar-refractivity contribution in [3.05, 3.63) is 28.8 Å². The van der Waals surface area contributed by atoms with Crippen LogP contribution in [0.5, 0.6) is 5.75 Å². The van der Waals surface area contributed by atoms with E-state index in [1.54, 1.807) is 0 Å². The van der Waals surface area contributed by atoms with Crippen molar-refractivity contribution < 1.29 is 17.0 Å². The minimum Gasteiger partial charge on any atom is -0.495 e. The number of ether oxygens (including phenoxy) is 1. The molecular weight excluding hydrogens is 231 g/mol. The Morgan fingerprint density at radius 2 is 2.14 bits per heavy atom. The Hall–Kier alpha value is -0.810. The summed E-state index contributed by atoms with van der Waals surface area (Å²) in [5.41, 5.74) is 0.300. The number of methoxy groups -OCH3 is 1. The van der Waals surface area contributed by atoms with Gasteiger partial charge in [-0.1, -0.05) is 17.7 Å². The molecule has 0 atom stereocenters. The van der Waals surface area contributed by atoms with Gasteiger partial charge in [0.05, 0.1) is 12.1 Å². The highest BCUT2D eigenvalue weighted by molar-refractivity contribution is 7.85. The molecule has 0 saturated carbocycles. The number of rotatable bonds is 3. The molecule has 1 aromatic rings. The maximum absolute atomic E-state index is 12.3. The molecular formula is C8H8ClFO3S. The summed E-state index contributed by atoms with van der Waals surface area (Å²) in [6, 6.07) is 4.28. The van der Waals surface area contributed by atoms with E-state index in [2.05, 4.69) is 0 Å². The monoisotopic (exact) mass is 238 g/mol. The number of hydrogen-bond donors (Lipinski definition) is 0. The van der Waals surface area contributed by atoms with E-state index in [0.717, 1.165) is 0 Å². The fraction of sp³-hybridized carbons (Fsp3) is 0.250. The second-order valence-electron chi connectivity index (χ2n) is 2.65. The zero-order chi connectivity index (χ0) is 10.8. The highest BCUT2D eigenvalue weighted by Crippen LogP contribution is 2.25. The van der Waals surface area contributed by atoms with Crippen LogP contribution in [-0.2, 0) is 16.0 Å². The number of benzene rings is 1. The summed E-state index contributed by atoms with van der Waals surface area (Å²) in [4.78, 5) is 0. The van der Waals surface area contributed by atoms with Gasteiger partial charge < -0.3 is 4.74 Å². The van der Waals surface area contributed by atoms with Crippen molar-refractivity contribution in [2.24, 2.45) is 0 Å². The molecule has 0 amide bonds. The molecule has 0 heterocycles. The highest BCUT2D eigenvalue weighted by atomic mass is 35.5. The fourth-order valence-corrected chi connectivity index (χ4v) is 1.77. The first kappa shape index (κ1) is 11.3. The van der Waals surface area contributed by atoms with Crippen LogP contribution in [0.2, 0.25) is 5.02 Å². The van der Waals surface area contributed by atoms with Gasteiger partial charge in [0.2, 0.25) is 0 Å². The van der Waals surface area contributed by atoms with Crippen LogP contribution < -0.4 is 4.74 Å². The molecule has 6 heteroatoms. The molecule has 0 aliphatic heterocycles. The van der Waals surface area contributed by atoms with Gasteiger partial charge in [-0.15, -0.1) is 3.89 Å². The van der Waals surface area contributed by atoms with E-state index < -0.39 is 16.0 Å². The summed E-state index contributed by atoms with van der Waals surface area (Å²) in [6.45, 7) is 0. The highest BCUT2D eigenvalue weighted by Gasteiger charge is 2.10. The van der Waals surface area contributed by atoms with Gasteiger partial charge >= 0.3 is 10.2 Å². The third-order valence-electron chi connectivity index (χ3n) is 1.55. The lowest BCUT2D eigenvalue weighted by molar-refractivity contribution is 0.414. The molecule has 78 valence electrons. The summed E-state index contributed by atoms with van der Waals surface area (Å²) in [5.74, 6) is -0.339. The van der Waals surface area contributed by atoms with Gasteiger partial charge in [-0.2, -0.15) is 8.42 Å². The number of hydrogen-bond acceptors (Lipinski definition) is 3. The summed E-state index contributed by atoms with van der Waals surface area (Å²) < 4.78 is 37.8. The van der Waals surface area contributed by atoms with Crippen molar-refractivity contribution in [3.8, 4) is 5.75 Å². The molecule has 1 aromatic carbocycles. The van der Waals surface area contributed by atoms with Crippen molar-refractivity contribution in [1.29, 1.82) is 0 Å². The van der Waals surface area contributed by atoms with Crippen molar-refractivity contribution in [2.75, 3.05) is 7.11 Å². The first-order valence-electron chi connectivity index (χ1n) is 3.67. The third kappa shape index (κ3) is 3.16. The molecule has 0 unspecified atom stereocenters. The average molecular weight is 239 g/mol. The molecule has 14 heavy (non-hydrogen) atoms. The minimum absolute atomic E-state index is 0.300. The molecule has 0 aliphatic rings. The predicted molar refractivity (Wildman–Crippen MR) is 51.7 cm³/mol. The van der Waals surface area contributed by atoms with Crippen LogP contribution in [0.25, 0.3) is 0 Å². The Morgan fingerprint density at radius 1 is 1.50 bits per heavy atom. The molecule has 3 nitrogen and oxygen atoms in total. The smallest absolute Gasteiger partial charge is 0.306 e. The molecule has 0 aliphatic carbocycles. The molecule has 0 aromatic heterocycles. The lowest BCUT2D eigenvalue weighted by Gasteiger charge is -2.04. The lowest BCUT2D eigenvalue weighted by atomic mass is 10.2. The standard InChI is InChI=1S/C8H8ClFO3S/c1-13-8-4-6(2-3-7(8)9)5-14(10,11)12/h2-4H,5H2,1H3. The van der Waals surface area contributed by atoms with E-state index in [0.29, 0.717) is 16.3 Å². The van der Waals surface area contributed by atoms with Gasteiger partial charge in [0.1, 0.15) is 11.5 Å². The second kappa shape index (κ2) is 4.14. The lowest BCUT2D eigenvalue weighted by Crippen LogP contribution is -1.96. The topological polar surface area (TPSA) is 43.4 Å². The number of halogens is 2. The molecule has 0 bridgehead atoms. The zero-order valence-corrected chi connectivity index (χ0v) is 8.90. The van der Waals surface area contributed by atoms with Crippen LogP contribution in [0.4, 0.5) is 3.89 Å². The largest absolute Gasteiger partial charge is 0.495 e. The molecule has 0 radical (unpaired) electrons. The van der Waals surface area contributed by atoms with Crippen LogP contribution in [-0.4, -0.2) is 15.5 Å². The van der Waals surface area contributed by atoms with Crippen LogP contribution in [0, 0.1) is 0 Å². The second-order valence-corrected chi connectivity index (χ2v) is 4.43. The Kier molecular flexibility index (Phi) is 3.34. The zero-order valence-electron chi connectivity index (χ0n) is 7.33. The van der Waals surface area contributed by atoms with E-state index in [4.69, 9.17) is 16.3 Å². The van der Waals surface area contributed by atoms with Crippen molar-refractivity contribution in [2.45, 2.75) is 5.75 Å². The normalized spacial score (nSPS) is 11.4. The minimum atomic E-state index is -4.51. The van der Waals surface area contributed by atoms with Crippen molar-refractivity contribution >= 4 is 21.8 Å². The fourth-order valence-electron chi connectivity index (χ4n) is 0.993. The molecule has 1 rings (SSSR count). The molecule has 0 fully saturated rings. The van der Waals surface area contributed by atoms with Crippen molar-refractivity contribution in [1.82, 2.24) is 0 Å². The van der Waals surface area contributed by atoms with Gasteiger partial charge in [-0.3, -0.25) is 0 Å². The Balaban J connectivity index is 3.01. The first-order chi connectivity index (χ1) is 6.42. The third-order valence-corrected chi connectivity index (χ3v) is 2.54. The van der Waals surface area contributed by atoms with E-state index in [-0.39, 0.29) is 0 Å². The van der Waals surface area contributed by atoms with E-state index in [9.17, 15) is 12.3 Å². The van der Waals surface area contributed by atoms with Gasteiger partial charge in [0.15, 0.2) is 0 Å². The summed E-state index contributed by atoms with van der Waals surface area (Å²) in [7, 11) is -3.12. The van der Waals surface area contributed by atoms with Crippen molar-refractivity contribution in [3.63, 3.8) is 0 Å². The maximum atomic E-state index is 12.3. The Labute approximate surface area is 86.7 Å². The summed E-state index contributed by atoms with van der Waals surface area (Å²) in [5, 5.41) is 0.354. The molecule has 0 spiro atoms. The van der Waals surface area contributed by atoms with E-state index in [1.807, 2.05) is 0 Å². The quantitative estimate of drug-likeness (QED) is 0.758. The van der Waals surface area contributed by atoms with Gasteiger partial charge in [-0.05, 0) is 17.7 Å². The van der Waals surface area contributed by atoms with Crippen LogP contribution in [0.1, 0.15) is 5.56 Å². The van der Waals surface area contributed by atoms with E-state index >= 15 is 0 Å². The molecule has 0 N–H and O–H groups in total.